The van der Waals surface area contributed by atoms with Gasteiger partial charge in [0.1, 0.15) is 6.10 Å². The van der Waals surface area contributed by atoms with E-state index in [1.165, 1.54) is 11.1 Å². The molecule has 0 amide bonds. The van der Waals surface area contributed by atoms with Crippen LogP contribution in [0.25, 0.3) is 0 Å². The van der Waals surface area contributed by atoms with Gasteiger partial charge in [0, 0.05) is 12.3 Å². The van der Waals surface area contributed by atoms with Crippen LogP contribution in [-0.2, 0) is 27.2 Å². The predicted octanol–water partition coefficient (Wildman–Crippen LogP) is 16.1. The molecule has 0 aromatic heterocycles. The Hall–Kier alpha value is -1.38. The van der Waals surface area contributed by atoms with Gasteiger partial charge in [0.2, 0.25) is 0 Å². The lowest BCUT2D eigenvalue weighted by atomic mass is 9.90. The Balaban J connectivity index is 7.23. The van der Waals surface area contributed by atoms with E-state index in [4.69, 9.17) is 22.4 Å². The van der Waals surface area contributed by atoms with Gasteiger partial charge >= 0.3 is 5.97 Å². The van der Waals surface area contributed by atoms with E-state index in [0.717, 1.165) is 36.5 Å². The highest BCUT2D eigenvalue weighted by atomic mass is 28.4. The maximum Gasteiger partial charge on any atom is 0.336 e. The van der Waals surface area contributed by atoms with Crippen molar-refractivity contribution < 1.29 is 27.2 Å². The zero-order valence-electron chi connectivity index (χ0n) is 44.2. The summed E-state index contributed by atoms with van der Waals surface area (Å²) in [7, 11) is -8.34. The summed E-state index contributed by atoms with van der Waals surface area (Å²) in [4.78, 5) is 14.0. The zero-order chi connectivity index (χ0) is 48.0. The molecular weight excluding hydrogens is 821 g/mol. The van der Waals surface area contributed by atoms with Crippen LogP contribution in [0.3, 0.4) is 0 Å². The smallest absolute Gasteiger partial charge is 0.336 e. The lowest BCUT2D eigenvalue weighted by molar-refractivity contribution is -0.149. The molecule has 0 aliphatic rings. The summed E-state index contributed by atoms with van der Waals surface area (Å²) in [6.07, 6.45) is 13.6. The Morgan fingerprint density at radius 1 is 0.689 bits per heavy atom. The van der Waals surface area contributed by atoms with Gasteiger partial charge in [-0.05, 0) is 124 Å². The summed E-state index contributed by atoms with van der Waals surface area (Å²) in [5.41, 5.74) is 4.03. The molecule has 10 heteroatoms. The minimum Gasteiger partial charge on any atom is -0.456 e. The third-order valence-corrected chi connectivity index (χ3v) is 32.6. The van der Waals surface area contributed by atoms with Crippen molar-refractivity contribution in [2.75, 3.05) is 6.61 Å². The monoisotopic (exact) mass is 919 g/mol. The van der Waals surface area contributed by atoms with Gasteiger partial charge in [-0.15, -0.1) is 6.58 Å². The van der Waals surface area contributed by atoms with E-state index in [9.17, 15) is 4.79 Å². The number of hydrogen-bond donors (Lipinski definition) is 0. The second-order valence-corrected chi connectivity index (χ2v) is 41.3. The second-order valence-electron chi connectivity index (χ2n) is 22.2. The molecule has 0 unspecified atom stereocenters. The number of carbonyl (C=O) groups is 1. The van der Waals surface area contributed by atoms with Gasteiger partial charge in [0.05, 0.1) is 30.5 Å². The SMILES string of the molecule is C=C/C=C(\CO[Si](C)(C)C(C)(C)C)C(=O)O[C@@H](C/C=C(C)/C=C(\C)[C@H](O[Si](CC)(CC)CC)[C@H](/C=C(\C)[C@H](CC=C)O[Si](C)(C)C(C)(C)C)CC)[C@@H](C)O[Si](C)(C)C(C)(C)C. The molecule has 0 aliphatic carbocycles. The van der Waals surface area contributed by atoms with Crippen molar-refractivity contribution in [3.05, 3.63) is 71.9 Å². The van der Waals surface area contributed by atoms with Gasteiger partial charge in [0.25, 0.3) is 0 Å². The Morgan fingerprint density at radius 2 is 1.18 bits per heavy atom. The molecule has 0 bridgehead atoms. The van der Waals surface area contributed by atoms with Crippen LogP contribution in [0.2, 0.25) is 72.5 Å². The van der Waals surface area contributed by atoms with Crippen molar-refractivity contribution in [3.63, 3.8) is 0 Å². The fourth-order valence-corrected chi connectivity index (χ4v) is 13.2. The molecule has 0 spiro atoms. The average molecular weight is 920 g/mol. The third-order valence-electron chi connectivity index (χ3n) is 14.4. The number of esters is 1. The first-order valence-corrected chi connectivity index (χ1v) is 34.7. The molecule has 0 aromatic rings. The van der Waals surface area contributed by atoms with Crippen molar-refractivity contribution in [1.82, 2.24) is 0 Å². The van der Waals surface area contributed by atoms with Crippen LogP contribution < -0.4 is 0 Å². The zero-order valence-corrected chi connectivity index (χ0v) is 48.2. The molecule has 6 nitrogen and oxygen atoms in total. The van der Waals surface area contributed by atoms with Crippen molar-refractivity contribution in [2.24, 2.45) is 5.92 Å². The Bertz CT molecular complexity index is 1500. The molecule has 5 atom stereocenters. The fraction of sp³-hybridized carbons (Fsp3) is 0.745. The molecule has 0 N–H and O–H groups in total. The summed E-state index contributed by atoms with van der Waals surface area (Å²) in [6.45, 7) is 59.8. The minimum atomic E-state index is -2.19. The molecule has 0 heterocycles. The summed E-state index contributed by atoms with van der Waals surface area (Å²) < 4.78 is 34.3. The summed E-state index contributed by atoms with van der Waals surface area (Å²) >= 11 is 0. The van der Waals surface area contributed by atoms with Crippen LogP contribution in [0.5, 0.6) is 0 Å². The summed E-state index contributed by atoms with van der Waals surface area (Å²) in [6, 6.07) is 3.23. The van der Waals surface area contributed by atoms with E-state index in [0.29, 0.717) is 12.0 Å². The second kappa shape index (κ2) is 24.8. The van der Waals surface area contributed by atoms with Crippen molar-refractivity contribution in [1.29, 1.82) is 0 Å². The molecule has 0 saturated carbocycles. The van der Waals surface area contributed by atoms with E-state index < -0.39 is 39.4 Å². The van der Waals surface area contributed by atoms with Gasteiger partial charge in [-0.3, -0.25) is 0 Å². The summed E-state index contributed by atoms with van der Waals surface area (Å²) in [5.74, 6) is -0.216. The standard InChI is InChI=1S/C51H98O6Si4/c1-26-32-44(38-53-58(20,21)49(11,12)13)48(52)54-46(42(10)55-59(22,23)50(14,15)16)35-34-39(7)36-41(9)47(57-61(29-4,30-5)31-6)43(28-3)37-40(8)45(33-27-2)56-60(24,25)51(17,18)19/h26-27,32,34,36-37,42-43,45-47H,1-2,28-31,33,35,38H2,3-25H3/b39-34+,40-37+,41-36+,44-32+/t42-,43+,45+,46+,47+/m1/s1. The largest absolute Gasteiger partial charge is 0.456 e. The quantitative estimate of drug-likeness (QED) is 0.0283. The normalized spacial score (nSPS) is 17.4. The minimum absolute atomic E-state index is 0.000524. The Kier molecular flexibility index (Phi) is 24.2. The van der Waals surface area contributed by atoms with Crippen molar-refractivity contribution in [3.8, 4) is 0 Å². The molecule has 61 heavy (non-hydrogen) atoms. The highest BCUT2D eigenvalue weighted by Gasteiger charge is 2.42. The Morgan fingerprint density at radius 3 is 1.61 bits per heavy atom. The van der Waals surface area contributed by atoms with Crippen LogP contribution in [0, 0.1) is 5.92 Å². The Labute approximate surface area is 383 Å². The van der Waals surface area contributed by atoms with Crippen molar-refractivity contribution in [2.45, 2.75) is 234 Å². The number of hydrogen-bond acceptors (Lipinski definition) is 6. The molecule has 0 fully saturated rings. The topological polar surface area (TPSA) is 63.2 Å². The highest BCUT2D eigenvalue weighted by Crippen LogP contribution is 2.41. The lowest BCUT2D eigenvalue weighted by Crippen LogP contribution is -2.47. The van der Waals surface area contributed by atoms with E-state index in [-0.39, 0.29) is 51.9 Å². The number of ether oxygens (including phenoxy) is 1. The van der Waals surface area contributed by atoms with E-state index in [1.807, 2.05) is 6.08 Å². The van der Waals surface area contributed by atoms with E-state index >= 15 is 0 Å². The van der Waals surface area contributed by atoms with Gasteiger partial charge in [-0.25, -0.2) is 4.79 Å². The van der Waals surface area contributed by atoms with Crippen LogP contribution in [0.4, 0.5) is 0 Å². The molecule has 0 radical (unpaired) electrons. The van der Waals surface area contributed by atoms with Gasteiger partial charge in [-0.1, -0.05) is 139 Å². The van der Waals surface area contributed by atoms with Gasteiger partial charge in [-0.2, -0.15) is 0 Å². The van der Waals surface area contributed by atoms with Crippen LogP contribution in [-0.4, -0.2) is 70.3 Å². The first-order valence-electron chi connectivity index (χ1n) is 23.5. The lowest BCUT2D eigenvalue weighted by Gasteiger charge is -2.40. The predicted molar refractivity (Wildman–Crippen MR) is 278 cm³/mol. The first-order chi connectivity index (χ1) is 27.6. The third kappa shape index (κ3) is 18.6. The number of carbonyl (C=O) groups excluding carboxylic acids is 1. The van der Waals surface area contributed by atoms with E-state index in [1.54, 1.807) is 12.2 Å². The van der Waals surface area contributed by atoms with Crippen LogP contribution >= 0.6 is 0 Å². The number of rotatable bonds is 26. The average Bonchev–Trinajstić information content (AvgIpc) is 3.12. The maximum atomic E-state index is 14.0. The fourth-order valence-electron chi connectivity index (χ4n) is 6.52. The van der Waals surface area contributed by atoms with Gasteiger partial charge in [0.15, 0.2) is 33.3 Å². The van der Waals surface area contributed by atoms with Crippen LogP contribution in [0.1, 0.15) is 137 Å². The number of allylic oxidation sites excluding steroid dienone is 4. The molecule has 354 valence electrons. The molecule has 0 saturated heterocycles. The van der Waals surface area contributed by atoms with Crippen LogP contribution in [0.15, 0.2) is 71.9 Å². The molecular formula is C51H98O6Si4. The molecule has 0 aliphatic heterocycles. The molecule has 0 rings (SSSR count). The van der Waals surface area contributed by atoms with Gasteiger partial charge < -0.3 is 22.4 Å². The first kappa shape index (κ1) is 59.6. The van der Waals surface area contributed by atoms with E-state index in [2.05, 4.69) is 188 Å². The summed E-state index contributed by atoms with van der Waals surface area (Å²) in [5, 5.41) is 0.116. The molecule has 0 aromatic carbocycles. The van der Waals surface area contributed by atoms with Crippen molar-refractivity contribution >= 4 is 39.2 Å². The highest BCUT2D eigenvalue weighted by molar-refractivity contribution is 6.75. The maximum absolute atomic E-state index is 14.0.